The summed E-state index contributed by atoms with van der Waals surface area (Å²) in [6.07, 6.45) is 0. The Bertz CT molecular complexity index is 817. The third kappa shape index (κ3) is 3.42. The van der Waals surface area contributed by atoms with Gasteiger partial charge in [-0.1, -0.05) is 15.9 Å². The first-order chi connectivity index (χ1) is 9.70. The number of hydrogen-bond acceptors (Lipinski definition) is 4. The van der Waals surface area contributed by atoms with Gasteiger partial charge < -0.3 is 5.11 Å². The highest BCUT2D eigenvalue weighted by Gasteiger charge is 2.22. The molecule has 1 aromatic carbocycles. The second kappa shape index (κ2) is 5.74. The summed E-state index contributed by atoms with van der Waals surface area (Å²) in [6.45, 7) is 1.50. The summed E-state index contributed by atoms with van der Waals surface area (Å²) in [5.41, 5.74) is 0.130. The van der Waals surface area contributed by atoms with Crippen molar-refractivity contribution in [2.24, 2.45) is 0 Å². The first-order valence-corrected chi connectivity index (χ1v) is 8.61. The zero-order valence-electron chi connectivity index (χ0n) is 10.6. The number of sulfonamides is 1. The van der Waals surface area contributed by atoms with E-state index in [9.17, 15) is 17.6 Å². The highest BCUT2D eigenvalue weighted by atomic mass is 79.9. The van der Waals surface area contributed by atoms with Crippen LogP contribution in [0, 0.1) is 12.7 Å². The maximum atomic E-state index is 13.7. The number of carboxylic acid groups (broad SMARTS) is 1. The largest absolute Gasteiger partial charge is 0.477 e. The van der Waals surface area contributed by atoms with Crippen molar-refractivity contribution in [3.8, 4) is 0 Å². The lowest BCUT2D eigenvalue weighted by Gasteiger charge is -2.07. The summed E-state index contributed by atoms with van der Waals surface area (Å²) < 4.78 is 40.4. The Morgan fingerprint density at radius 3 is 2.57 bits per heavy atom. The van der Waals surface area contributed by atoms with Crippen molar-refractivity contribution in [3.63, 3.8) is 0 Å². The van der Waals surface area contributed by atoms with Crippen molar-refractivity contribution in [2.75, 3.05) is 4.72 Å². The molecule has 9 heteroatoms. The minimum absolute atomic E-state index is 0.0633. The molecule has 0 spiro atoms. The van der Waals surface area contributed by atoms with Gasteiger partial charge in [-0.2, -0.15) is 0 Å². The number of rotatable bonds is 4. The molecule has 0 atom stereocenters. The van der Waals surface area contributed by atoms with E-state index in [-0.39, 0.29) is 14.8 Å². The van der Waals surface area contributed by atoms with Gasteiger partial charge in [0.05, 0.1) is 5.69 Å². The molecule has 2 aromatic rings. The average Bonchev–Trinajstić information content (AvgIpc) is 2.76. The maximum absolute atomic E-state index is 13.7. The summed E-state index contributed by atoms with van der Waals surface area (Å²) in [6, 6.07) is 5.13. The predicted molar refractivity (Wildman–Crippen MR) is 80.9 cm³/mol. The van der Waals surface area contributed by atoms with E-state index in [1.807, 2.05) is 0 Å². The van der Waals surface area contributed by atoms with Crippen molar-refractivity contribution in [3.05, 3.63) is 45.0 Å². The summed E-state index contributed by atoms with van der Waals surface area (Å²) in [5.74, 6) is -1.94. The minimum atomic E-state index is -4.03. The molecule has 112 valence electrons. The van der Waals surface area contributed by atoms with Crippen molar-refractivity contribution >= 4 is 48.9 Å². The Balaban J connectivity index is 2.38. The van der Waals surface area contributed by atoms with Crippen LogP contribution in [0.25, 0.3) is 0 Å². The quantitative estimate of drug-likeness (QED) is 0.832. The molecule has 2 rings (SSSR count). The zero-order chi connectivity index (χ0) is 15.8. The van der Waals surface area contributed by atoms with Crippen molar-refractivity contribution in [1.29, 1.82) is 0 Å². The lowest BCUT2D eigenvalue weighted by molar-refractivity contribution is 0.0701. The van der Waals surface area contributed by atoms with Crippen LogP contribution in [0.3, 0.4) is 0 Å². The standard InChI is InChI=1S/C12H9BrFNO4S2/c1-6-4-10(20-11(6)12(16)17)21(18,19)15-9-3-2-7(13)5-8(9)14/h2-5,15H,1H3,(H,16,17). The van der Waals surface area contributed by atoms with E-state index in [0.29, 0.717) is 21.4 Å². The van der Waals surface area contributed by atoms with Crippen molar-refractivity contribution < 1.29 is 22.7 Å². The van der Waals surface area contributed by atoms with E-state index in [1.54, 1.807) is 0 Å². The van der Waals surface area contributed by atoms with Gasteiger partial charge >= 0.3 is 5.97 Å². The normalized spacial score (nSPS) is 11.4. The zero-order valence-corrected chi connectivity index (χ0v) is 13.8. The van der Waals surface area contributed by atoms with Crippen LogP contribution < -0.4 is 4.72 Å². The Hall–Kier alpha value is -1.45. The topological polar surface area (TPSA) is 83.5 Å². The third-order valence-corrected chi connectivity index (χ3v) is 6.09. The second-order valence-electron chi connectivity index (χ2n) is 4.11. The van der Waals surface area contributed by atoms with Crippen molar-refractivity contribution in [2.45, 2.75) is 11.1 Å². The van der Waals surface area contributed by atoms with Crippen LogP contribution in [0.15, 0.2) is 32.9 Å². The molecule has 0 aliphatic carbocycles. The Kier molecular flexibility index (Phi) is 4.35. The van der Waals surface area contributed by atoms with Gasteiger partial charge in [-0.3, -0.25) is 4.72 Å². The number of aryl methyl sites for hydroxylation is 1. The van der Waals surface area contributed by atoms with E-state index < -0.39 is 21.8 Å². The van der Waals surface area contributed by atoms with Gasteiger partial charge in [0, 0.05) is 4.47 Å². The molecule has 1 aromatic heterocycles. The fourth-order valence-electron chi connectivity index (χ4n) is 1.56. The lowest BCUT2D eigenvalue weighted by Crippen LogP contribution is -2.12. The maximum Gasteiger partial charge on any atom is 0.346 e. The predicted octanol–water partition coefficient (Wildman–Crippen LogP) is 3.46. The van der Waals surface area contributed by atoms with E-state index in [1.165, 1.54) is 25.1 Å². The fourth-order valence-corrected chi connectivity index (χ4v) is 4.34. The van der Waals surface area contributed by atoms with Gasteiger partial charge in [-0.05, 0) is 36.8 Å². The molecular formula is C12H9BrFNO4S2. The molecule has 0 amide bonds. The molecule has 0 aliphatic heterocycles. The van der Waals surface area contributed by atoms with Gasteiger partial charge in [0.1, 0.15) is 14.9 Å². The van der Waals surface area contributed by atoms with Crippen molar-refractivity contribution in [1.82, 2.24) is 0 Å². The first kappa shape index (κ1) is 15.9. The number of aromatic carboxylic acids is 1. The molecule has 0 fully saturated rings. The van der Waals surface area contributed by atoms with Crippen LogP contribution in [0.1, 0.15) is 15.2 Å². The Morgan fingerprint density at radius 1 is 1.38 bits per heavy atom. The van der Waals surface area contributed by atoms with E-state index in [2.05, 4.69) is 20.7 Å². The number of anilines is 1. The van der Waals surface area contributed by atoms with Crippen LogP contribution in [0.4, 0.5) is 10.1 Å². The summed E-state index contributed by atoms with van der Waals surface area (Å²) in [5, 5.41) is 8.94. The molecule has 1 heterocycles. The number of benzene rings is 1. The van der Waals surface area contributed by atoms with E-state index >= 15 is 0 Å². The van der Waals surface area contributed by atoms with Gasteiger partial charge in [0.25, 0.3) is 10.0 Å². The number of hydrogen-bond donors (Lipinski definition) is 2. The molecule has 21 heavy (non-hydrogen) atoms. The molecule has 2 N–H and O–H groups in total. The summed E-state index contributed by atoms with van der Waals surface area (Å²) in [4.78, 5) is 10.9. The molecule has 0 aliphatic rings. The molecule has 0 saturated carbocycles. The smallest absolute Gasteiger partial charge is 0.346 e. The molecule has 0 saturated heterocycles. The number of carbonyl (C=O) groups is 1. The van der Waals surface area contributed by atoms with Gasteiger partial charge in [0.2, 0.25) is 0 Å². The lowest BCUT2D eigenvalue weighted by atomic mass is 10.3. The monoisotopic (exact) mass is 393 g/mol. The van der Waals surface area contributed by atoms with Gasteiger partial charge in [-0.25, -0.2) is 17.6 Å². The molecule has 0 radical (unpaired) electrons. The first-order valence-electron chi connectivity index (χ1n) is 5.52. The summed E-state index contributed by atoms with van der Waals surface area (Å²) in [7, 11) is -4.03. The number of thiophene rings is 1. The van der Waals surface area contributed by atoms with Crippen LogP contribution in [-0.2, 0) is 10.0 Å². The average molecular weight is 394 g/mol. The third-order valence-electron chi connectivity index (χ3n) is 2.53. The minimum Gasteiger partial charge on any atom is -0.477 e. The van der Waals surface area contributed by atoms with Crippen LogP contribution in [0.2, 0.25) is 0 Å². The highest BCUT2D eigenvalue weighted by molar-refractivity contribution is 9.10. The number of halogens is 2. The Labute approximate surface area is 132 Å². The van der Waals surface area contributed by atoms with E-state index in [4.69, 9.17) is 5.11 Å². The van der Waals surface area contributed by atoms with Crippen LogP contribution in [-0.4, -0.2) is 19.5 Å². The molecular weight excluding hydrogens is 385 g/mol. The second-order valence-corrected chi connectivity index (χ2v) is 7.99. The SMILES string of the molecule is Cc1cc(S(=O)(=O)Nc2ccc(Br)cc2F)sc1C(=O)O. The van der Waals surface area contributed by atoms with Gasteiger partial charge in [0.15, 0.2) is 0 Å². The van der Waals surface area contributed by atoms with Crippen LogP contribution in [0.5, 0.6) is 0 Å². The Morgan fingerprint density at radius 2 is 2.05 bits per heavy atom. The van der Waals surface area contributed by atoms with Crippen LogP contribution >= 0.6 is 27.3 Å². The van der Waals surface area contributed by atoms with E-state index in [0.717, 1.165) is 6.07 Å². The molecule has 0 unspecified atom stereocenters. The molecule has 0 bridgehead atoms. The highest BCUT2D eigenvalue weighted by Crippen LogP contribution is 2.29. The van der Waals surface area contributed by atoms with Gasteiger partial charge in [-0.15, -0.1) is 11.3 Å². The number of carboxylic acids is 1. The fraction of sp³-hybridized carbons (Fsp3) is 0.0833. The molecule has 5 nitrogen and oxygen atoms in total. The summed E-state index contributed by atoms with van der Waals surface area (Å²) >= 11 is 3.69. The number of nitrogens with one attached hydrogen (secondary N) is 1.